The molecule has 0 radical (unpaired) electrons. The van der Waals surface area contributed by atoms with Gasteiger partial charge in [0.2, 0.25) is 0 Å². The summed E-state index contributed by atoms with van der Waals surface area (Å²) in [6, 6.07) is 0. The molecule has 0 saturated carbocycles. The van der Waals surface area contributed by atoms with E-state index < -0.39 is 36.7 Å². The summed E-state index contributed by atoms with van der Waals surface area (Å²) in [5, 5.41) is 37.6. The van der Waals surface area contributed by atoms with Crippen molar-refractivity contribution < 1.29 is 34.7 Å². The fourth-order valence-corrected chi connectivity index (χ4v) is 1.80. The van der Waals surface area contributed by atoms with Crippen molar-refractivity contribution in [2.75, 3.05) is 0 Å². The molecule has 1 rings (SSSR count). The van der Waals surface area contributed by atoms with Crippen molar-refractivity contribution in [3.05, 3.63) is 0 Å². The molecule has 1 heterocycles. The van der Waals surface area contributed by atoms with E-state index in [1.165, 1.54) is 0 Å². The van der Waals surface area contributed by atoms with E-state index in [2.05, 4.69) is 0 Å². The molecule has 1 fully saturated rings. The van der Waals surface area contributed by atoms with Crippen LogP contribution in [0.25, 0.3) is 0 Å². The Bertz CT molecular complexity index is 281. The molecule has 0 aromatic carbocycles. The van der Waals surface area contributed by atoms with E-state index in [1.54, 1.807) is 13.8 Å². The van der Waals surface area contributed by atoms with Crippen LogP contribution in [0.5, 0.6) is 0 Å². The summed E-state index contributed by atoms with van der Waals surface area (Å²) in [5.74, 6) is -1.02. The van der Waals surface area contributed by atoms with Gasteiger partial charge in [0.15, 0.2) is 6.29 Å². The van der Waals surface area contributed by atoms with Crippen LogP contribution in [0.1, 0.15) is 26.7 Å². The lowest BCUT2D eigenvalue weighted by atomic mass is 9.96. The molecule has 0 bridgehead atoms. The Hall–Kier alpha value is -0.730. The van der Waals surface area contributed by atoms with Crippen molar-refractivity contribution in [3.63, 3.8) is 0 Å². The second kappa shape index (κ2) is 6.44. The SMILES string of the molecule is CC(C)OC1O[C@H](CCC(=O)O)[C@@H](O)[C@H](O)[C@@H]1O. The highest BCUT2D eigenvalue weighted by molar-refractivity contribution is 5.66. The zero-order valence-electron chi connectivity index (χ0n) is 10.4. The first-order valence-electron chi connectivity index (χ1n) is 5.89. The van der Waals surface area contributed by atoms with Gasteiger partial charge in [0.1, 0.15) is 18.3 Å². The zero-order chi connectivity index (χ0) is 13.9. The molecule has 4 N–H and O–H groups in total. The average Bonchev–Trinajstić information content (AvgIpc) is 2.27. The van der Waals surface area contributed by atoms with Gasteiger partial charge >= 0.3 is 5.97 Å². The van der Waals surface area contributed by atoms with Crippen molar-refractivity contribution in [1.82, 2.24) is 0 Å². The average molecular weight is 264 g/mol. The van der Waals surface area contributed by atoms with E-state index in [-0.39, 0.29) is 18.9 Å². The molecule has 5 atom stereocenters. The Labute approximate surface area is 105 Å². The van der Waals surface area contributed by atoms with Crippen LogP contribution in [0.2, 0.25) is 0 Å². The maximum absolute atomic E-state index is 10.5. The molecule has 0 amide bonds. The molecule has 0 aromatic rings. The van der Waals surface area contributed by atoms with Gasteiger partial charge in [0.05, 0.1) is 12.2 Å². The van der Waals surface area contributed by atoms with Crippen LogP contribution in [-0.2, 0) is 14.3 Å². The standard InChI is InChI=1S/C11H20O7/c1-5(2)17-11-10(16)9(15)8(14)6(18-11)3-4-7(12)13/h5-6,8-11,14-16H,3-4H2,1-2H3,(H,12,13)/t6-,8-,9+,10+,11?/m1/s1. The summed E-state index contributed by atoms with van der Waals surface area (Å²) in [5.41, 5.74) is 0. The molecule has 1 aliphatic heterocycles. The Kier molecular flexibility index (Phi) is 5.48. The van der Waals surface area contributed by atoms with E-state index in [0.29, 0.717) is 0 Å². The minimum Gasteiger partial charge on any atom is -0.481 e. The Morgan fingerprint density at radius 3 is 2.33 bits per heavy atom. The number of rotatable bonds is 5. The highest BCUT2D eigenvalue weighted by Crippen LogP contribution is 2.25. The molecule has 1 aliphatic rings. The Balaban J connectivity index is 2.64. The quantitative estimate of drug-likeness (QED) is 0.507. The van der Waals surface area contributed by atoms with Gasteiger partial charge in [0, 0.05) is 6.42 Å². The fraction of sp³-hybridized carbons (Fsp3) is 0.909. The minimum absolute atomic E-state index is 0.0399. The number of hydrogen-bond donors (Lipinski definition) is 4. The summed E-state index contributed by atoms with van der Waals surface area (Å²) in [4.78, 5) is 10.5. The third kappa shape index (κ3) is 3.89. The van der Waals surface area contributed by atoms with Gasteiger partial charge in [-0.2, -0.15) is 0 Å². The summed E-state index contributed by atoms with van der Waals surface area (Å²) < 4.78 is 10.6. The summed E-state index contributed by atoms with van der Waals surface area (Å²) >= 11 is 0. The van der Waals surface area contributed by atoms with E-state index in [4.69, 9.17) is 14.6 Å². The molecule has 1 saturated heterocycles. The van der Waals surface area contributed by atoms with Gasteiger partial charge in [-0.15, -0.1) is 0 Å². The first-order valence-corrected chi connectivity index (χ1v) is 5.89. The summed E-state index contributed by atoms with van der Waals surface area (Å²) in [6.07, 6.45) is -6.43. The lowest BCUT2D eigenvalue weighted by Crippen LogP contribution is -2.58. The van der Waals surface area contributed by atoms with Crippen LogP contribution in [0, 0.1) is 0 Å². The predicted octanol–water partition coefficient (Wildman–Crippen LogP) is -0.916. The van der Waals surface area contributed by atoms with Gasteiger partial charge < -0.3 is 29.9 Å². The number of aliphatic hydroxyl groups is 3. The van der Waals surface area contributed by atoms with Crippen LogP contribution in [0.15, 0.2) is 0 Å². The first-order chi connectivity index (χ1) is 8.32. The number of carbonyl (C=O) groups is 1. The van der Waals surface area contributed by atoms with E-state index in [9.17, 15) is 20.1 Å². The fourth-order valence-electron chi connectivity index (χ4n) is 1.80. The van der Waals surface area contributed by atoms with Gasteiger partial charge in [-0.3, -0.25) is 4.79 Å². The normalized spacial score (nSPS) is 36.9. The predicted molar refractivity (Wildman–Crippen MR) is 59.8 cm³/mol. The third-order valence-electron chi connectivity index (χ3n) is 2.72. The largest absolute Gasteiger partial charge is 0.481 e. The second-order valence-electron chi connectivity index (χ2n) is 4.63. The highest BCUT2D eigenvalue weighted by atomic mass is 16.7. The highest BCUT2D eigenvalue weighted by Gasteiger charge is 2.44. The molecule has 106 valence electrons. The zero-order valence-corrected chi connectivity index (χ0v) is 10.4. The molecule has 0 spiro atoms. The molecular formula is C11H20O7. The maximum atomic E-state index is 10.5. The van der Waals surface area contributed by atoms with Crippen LogP contribution in [0.3, 0.4) is 0 Å². The van der Waals surface area contributed by atoms with E-state index in [0.717, 1.165) is 0 Å². The van der Waals surface area contributed by atoms with Crippen LogP contribution in [-0.4, -0.2) is 63.2 Å². The number of aliphatic carboxylic acids is 1. The van der Waals surface area contributed by atoms with Gasteiger partial charge in [-0.1, -0.05) is 0 Å². The van der Waals surface area contributed by atoms with E-state index >= 15 is 0 Å². The van der Waals surface area contributed by atoms with Gasteiger partial charge in [-0.05, 0) is 20.3 Å². The number of carboxylic acid groups (broad SMARTS) is 1. The van der Waals surface area contributed by atoms with Crippen LogP contribution < -0.4 is 0 Å². The molecule has 18 heavy (non-hydrogen) atoms. The van der Waals surface area contributed by atoms with Gasteiger partial charge in [0.25, 0.3) is 0 Å². The molecule has 7 nitrogen and oxygen atoms in total. The number of aliphatic hydroxyl groups excluding tert-OH is 3. The second-order valence-corrected chi connectivity index (χ2v) is 4.63. The van der Waals surface area contributed by atoms with Crippen molar-refractivity contribution in [2.24, 2.45) is 0 Å². The summed E-state index contributed by atoms with van der Waals surface area (Å²) in [7, 11) is 0. The lowest BCUT2D eigenvalue weighted by Gasteiger charge is -2.40. The Morgan fingerprint density at radius 1 is 1.22 bits per heavy atom. The van der Waals surface area contributed by atoms with E-state index in [1.807, 2.05) is 0 Å². The molecule has 0 aliphatic carbocycles. The monoisotopic (exact) mass is 264 g/mol. The molecule has 0 aromatic heterocycles. The van der Waals surface area contributed by atoms with Crippen LogP contribution >= 0.6 is 0 Å². The number of ether oxygens (including phenoxy) is 2. The smallest absolute Gasteiger partial charge is 0.303 e. The van der Waals surface area contributed by atoms with Crippen molar-refractivity contribution in [1.29, 1.82) is 0 Å². The number of carboxylic acids is 1. The number of hydrogen-bond acceptors (Lipinski definition) is 6. The topological polar surface area (TPSA) is 116 Å². The van der Waals surface area contributed by atoms with Crippen LogP contribution in [0.4, 0.5) is 0 Å². The third-order valence-corrected chi connectivity index (χ3v) is 2.72. The minimum atomic E-state index is -1.42. The molecule has 7 heteroatoms. The Morgan fingerprint density at radius 2 is 1.83 bits per heavy atom. The lowest BCUT2D eigenvalue weighted by molar-refractivity contribution is -0.305. The van der Waals surface area contributed by atoms with Crippen molar-refractivity contribution in [3.8, 4) is 0 Å². The van der Waals surface area contributed by atoms with Crippen molar-refractivity contribution >= 4 is 5.97 Å². The maximum Gasteiger partial charge on any atom is 0.303 e. The summed E-state index contributed by atoms with van der Waals surface area (Å²) in [6.45, 7) is 3.47. The molecular weight excluding hydrogens is 244 g/mol. The van der Waals surface area contributed by atoms with Gasteiger partial charge in [-0.25, -0.2) is 0 Å². The molecule has 1 unspecified atom stereocenters. The first kappa shape index (κ1) is 15.3. The van der Waals surface area contributed by atoms with Crippen molar-refractivity contribution in [2.45, 2.75) is 63.5 Å².